The van der Waals surface area contributed by atoms with Crippen molar-refractivity contribution in [3.63, 3.8) is 0 Å². The molecule has 22 heteroatoms. The normalized spacial score (nSPS) is 19.9. The number of carbonyl (C=O) groups is 1. The number of ether oxygens (including phenoxy) is 1. The largest absolute Gasteiger partial charge is 0.466 e. The predicted octanol–water partition coefficient (Wildman–Crippen LogP) is 16.2. The van der Waals surface area contributed by atoms with Gasteiger partial charge in [0.25, 0.3) is 0 Å². The lowest BCUT2D eigenvalue weighted by Gasteiger charge is -2.33. The van der Waals surface area contributed by atoms with Crippen LogP contribution in [0.25, 0.3) is 0 Å². The SMILES string of the molecule is CCOC(=O)CCSP(=S)(OC(C)C)OC(C)CSP(=S)(OC(C)CSP(=S)(OC(C)CC(C)C)OC(C)CC(C)C)OC(C)CSP(=S)(OC(C)CC(C)C)OC(C)CC(C)C. The fraction of sp³-hybridized carbons (Fsp3) is 0.976. The van der Waals surface area contributed by atoms with Gasteiger partial charge in [-0.1, -0.05) is 101 Å². The van der Waals surface area contributed by atoms with Gasteiger partial charge in [-0.2, -0.15) is 0 Å². The second kappa shape index (κ2) is 33.7. The van der Waals surface area contributed by atoms with Gasteiger partial charge in [0.1, 0.15) is 0 Å². The predicted molar refractivity (Wildman–Crippen MR) is 296 cm³/mol. The van der Waals surface area contributed by atoms with E-state index in [4.69, 9.17) is 88.2 Å². The Morgan fingerprint density at radius 3 is 0.905 bits per heavy atom. The Hall–Kier alpha value is 3.15. The van der Waals surface area contributed by atoms with Crippen LogP contribution in [0.5, 0.6) is 0 Å². The number of hydrogen-bond acceptors (Lipinski definition) is 18. The van der Waals surface area contributed by atoms with E-state index < -0.39 is 22.8 Å². The minimum atomic E-state index is -3.06. The van der Waals surface area contributed by atoms with Gasteiger partial charge in [-0.3, -0.25) is 4.79 Å². The Morgan fingerprint density at radius 2 is 0.667 bits per heavy atom. The summed E-state index contributed by atoms with van der Waals surface area (Å²) in [5.74, 6) is 3.43. The van der Waals surface area contributed by atoms with Crippen LogP contribution in [0.4, 0.5) is 0 Å². The van der Waals surface area contributed by atoms with E-state index in [1.165, 1.54) is 45.5 Å². The topological polar surface area (TPSA) is 100 Å². The molecule has 63 heavy (non-hydrogen) atoms. The summed E-state index contributed by atoms with van der Waals surface area (Å²) < 4.78 is 57.7. The molecule has 10 nitrogen and oxygen atoms in total. The molecule has 0 radical (unpaired) electrons. The van der Waals surface area contributed by atoms with Gasteiger partial charge in [0.05, 0.1) is 61.9 Å². The zero-order valence-corrected chi connectivity index (χ0v) is 51.7. The lowest BCUT2D eigenvalue weighted by Crippen LogP contribution is -2.18. The molecule has 0 saturated heterocycles. The van der Waals surface area contributed by atoms with E-state index in [9.17, 15) is 4.79 Å². The fourth-order valence-corrected chi connectivity index (χ4v) is 28.6. The zero-order valence-electron chi connectivity index (χ0n) is 41.6. The number of hydrogen-bond donors (Lipinski definition) is 0. The lowest BCUT2D eigenvalue weighted by atomic mass is 10.1. The lowest BCUT2D eigenvalue weighted by molar-refractivity contribution is -0.142. The average Bonchev–Trinajstić information content (AvgIpc) is 3.07. The van der Waals surface area contributed by atoms with Crippen molar-refractivity contribution in [1.82, 2.24) is 0 Å². The molecule has 0 aliphatic rings. The van der Waals surface area contributed by atoms with Crippen molar-refractivity contribution < 1.29 is 45.7 Å². The van der Waals surface area contributed by atoms with E-state index in [2.05, 4.69) is 83.1 Å². The highest BCUT2D eigenvalue weighted by molar-refractivity contribution is 8.69. The highest BCUT2D eigenvalue weighted by Crippen LogP contribution is 2.68. The molecule has 0 aliphatic heterocycles. The molecule has 0 fully saturated rings. The Kier molecular flexibility index (Phi) is 35.4. The Morgan fingerprint density at radius 1 is 0.413 bits per heavy atom. The molecule has 0 aromatic carbocycles. The number of carbonyl (C=O) groups excluding carboxylic acids is 1. The summed E-state index contributed by atoms with van der Waals surface area (Å²) in [6, 6.07) is 0. The monoisotopic (exact) mass is 1120 g/mol. The van der Waals surface area contributed by atoms with Gasteiger partial charge < -0.3 is 40.9 Å². The van der Waals surface area contributed by atoms with Gasteiger partial charge in [-0.15, -0.1) is 0 Å². The van der Waals surface area contributed by atoms with Gasteiger partial charge in [0.2, 0.25) is 22.8 Å². The van der Waals surface area contributed by atoms with Gasteiger partial charge >= 0.3 is 5.97 Å². The molecule has 0 N–H and O–H groups in total. The molecule has 0 heterocycles. The van der Waals surface area contributed by atoms with E-state index in [0.717, 1.165) is 25.7 Å². The molecule has 8 atom stereocenters. The van der Waals surface area contributed by atoms with Crippen LogP contribution >= 0.6 is 68.3 Å². The summed E-state index contributed by atoms with van der Waals surface area (Å²) in [7, 11) is 0. The van der Waals surface area contributed by atoms with Crippen molar-refractivity contribution in [2.45, 2.75) is 206 Å². The van der Waals surface area contributed by atoms with Crippen LogP contribution in [0.3, 0.4) is 0 Å². The van der Waals surface area contributed by atoms with E-state index in [1.54, 1.807) is 6.92 Å². The molecular formula is C41H86O10P4S8. The summed E-state index contributed by atoms with van der Waals surface area (Å²) in [4.78, 5) is 12.1. The van der Waals surface area contributed by atoms with E-state index in [-0.39, 0.29) is 61.2 Å². The smallest absolute Gasteiger partial charge is 0.306 e. The summed E-state index contributed by atoms with van der Waals surface area (Å²) in [6.45, 7) is 37.6. The van der Waals surface area contributed by atoms with Gasteiger partial charge in [0, 0.05) is 23.0 Å². The first-order valence-electron chi connectivity index (χ1n) is 22.5. The minimum absolute atomic E-state index is 0.0496. The maximum Gasteiger partial charge on any atom is 0.306 e. The molecule has 8 unspecified atom stereocenters. The molecule has 0 rings (SSSR count). The van der Waals surface area contributed by atoms with E-state index >= 15 is 0 Å². The molecule has 0 aliphatic carbocycles. The number of rotatable bonds is 38. The van der Waals surface area contributed by atoms with Gasteiger partial charge in [-0.05, 0) is 166 Å². The molecular weight excluding hydrogens is 1030 g/mol. The summed E-state index contributed by atoms with van der Waals surface area (Å²) in [6.07, 6.45) is 2.31. The molecule has 0 saturated carbocycles. The van der Waals surface area contributed by atoms with Gasteiger partial charge in [-0.25, -0.2) is 0 Å². The molecule has 378 valence electrons. The summed E-state index contributed by atoms with van der Waals surface area (Å²) in [5, 5.41) is 0. The van der Waals surface area contributed by atoms with Crippen LogP contribution in [0, 0.1) is 23.7 Å². The van der Waals surface area contributed by atoms with Crippen LogP contribution in [0.2, 0.25) is 0 Å². The van der Waals surface area contributed by atoms with E-state index in [1.807, 2.05) is 34.6 Å². The third-order valence-corrected chi connectivity index (χ3v) is 30.1. The standard InChI is InChI=1S/C41H86O10P4S8/c1-19-43-41(42)20-21-60-52(56,44-33(10)11)49-38(16)26-63-55(59,50-39(17)27-61-53(57,45-34(12)22-29(2)3)46-35(13)23-30(4)5)51-40(18)28-62-54(58,47-36(14)24-31(6)7)48-37(15)25-32(8)9/h29-40H,19-28H2,1-18H3. The highest BCUT2D eigenvalue weighted by atomic mass is 32.9. The van der Waals surface area contributed by atoms with Crippen molar-refractivity contribution in [2.24, 2.45) is 23.7 Å². The van der Waals surface area contributed by atoms with E-state index in [0.29, 0.717) is 53.3 Å². The second-order valence-corrected chi connectivity index (χ2v) is 43.3. The van der Waals surface area contributed by atoms with Crippen LogP contribution in [-0.4, -0.2) is 84.4 Å². The first-order valence-corrected chi connectivity index (χ1v) is 39.4. The molecule has 0 spiro atoms. The number of esters is 1. The van der Waals surface area contributed by atoms with Crippen molar-refractivity contribution in [3.05, 3.63) is 0 Å². The maximum atomic E-state index is 12.1. The third kappa shape index (κ3) is 34.2. The summed E-state index contributed by atoms with van der Waals surface area (Å²) in [5.41, 5.74) is -11.4. The summed E-state index contributed by atoms with van der Waals surface area (Å²) >= 11 is 30.6. The molecule has 0 aromatic heterocycles. The highest BCUT2D eigenvalue weighted by Gasteiger charge is 2.34. The first kappa shape index (κ1) is 66.2. The maximum absolute atomic E-state index is 12.1. The first-order chi connectivity index (χ1) is 28.9. The molecule has 0 bridgehead atoms. The molecule has 0 amide bonds. The van der Waals surface area contributed by atoms with Crippen molar-refractivity contribution in [2.75, 3.05) is 29.6 Å². The average molecular weight is 1120 g/mol. The second-order valence-electron chi connectivity index (χ2n) is 18.1. The van der Waals surface area contributed by atoms with Crippen molar-refractivity contribution >= 4 is 121 Å². The minimum Gasteiger partial charge on any atom is -0.466 e. The fourth-order valence-electron chi connectivity index (χ4n) is 6.13. The van der Waals surface area contributed by atoms with Crippen LogP contribution in [-0.2, 0) is 92.9 Å². The quantitative estimate of drug-likeness (QED) is 0.0433. The van der Waals surface area contributed by atoms with Crippen LogP contribution in [0.15, 0.2) is 0 Å². The van der Waals surface area contributed by atoms with Crippen molar-refractivity contribution in [1.29, 1.82) is 0 Å². The van der Waals surface area contributed by atoms with Crippen LogP contribution in [0.1, 0.15) is 157 Å². The van der Waals surface area contributed by atoms with Crippen LogP contribution < -0.4 is 0 Å². The van der Waals surface area contributed by atoms with Gasteiger partial charge in [0.15, 0.2) is 0 Å². The Bertz CT molecular complexity index is 1350. The molecule has 0 aromatic rings. The zero-order chi connectivity index (χ0) is 48.8. The Labute approximate surface area is 422 Å². The Balaban J connectivity index is 6.50. The van der Waals surface area contributed by atoms with Crippen molar-refractivity contribution in [3.8, 4) is 0 Å². The third-order valence-electron chi connectivity index (χ3n) is 7.98.